The van der Waals surface area contributed by atoms with Crippen LogP contribution in [0.3, 0.4) is 0 Å². The van der Waals surface area contributed by atoms with Crippen LogP contribution in [0.15, 0.2) is 60.7 Å². The second-order valence-corrected chi connectivity index (χ2v) is 9.91. The van der Waals surface area contributed by atoms with Gasteiger partial charge in [0.25, 0.3) is 0 Å². The summed E-state index contributed by atoms with van der Waals surface area (Å²) in [4.78, 5) is 39.6. The topological polar surface area (TPSA) is 93.1 Å². The molecule has 38 heavy (non-hydrogen) atoms. The van der Waals surface area contributed by atoms with E-state index in [0.717, 1.165) is 10.5 Å². The van der Waals surface area contributed by atoms with Gasteiger partial charge in [0.05, 0.1) is 28.4 Å². The smallest absolute Gasteiger partial charge is 0.422 e. The Morgan fingerprint density at radius 3 is 2.26 bits per heavy atom. The first-order valence-electron chi connectivity index (χ1n) is 11.9. The molecule has 0 aromatic heterocycles. The van der Waals surface area contributed by atoms with E-state index in [4.69, 9.17) is 21.1 Å². The molecule has 3 aromatic rings. The molecule has 0 fully saturated rings. The van der Waals surface area contributed by atoms with Crippen LogP contribution in [0.4, 0.5) is 20.6 Å². The highest BCUT2D eigenvalue weighted by molar-refractivity contribution is 6.35. The summed E-state index contributed by atoms with van der Waals surface area (Å²) in [6.07, 6.45) is -2.53. The number of anilines is 2. The summed E-state index contributed by atoms with van der Waals surface area (Å²) in [6.45, 7) is 7.68. The van der Waals surface area contributed by atoms with Gasteiger partial charge in [-0.3, -0.25) is 9.59 Å². The van der Waals surface area contributed by atoms with Crippen LogP contribution in [-0.2, 0) is 14.3 Å². The summed E-state index contributed by atoms with van der Waals surface area (Å²) in [5.41, 5.74) is 1.18. The summed E-state index contributed by atoms with van der Waals surface area (Å²) in [7, 11) is 0. The van der Waals surface area contributed by atoms with Crippen LogP contribution in [0.25, 0.3) is 0 Å². The predicted molar refractivity (Wildman–Crippen MR) is 142 cm³/mol. The van der Waals surface area contributed by atoms with E-state index in [-0.39, 0.29) is 28.5 Å². The number of hydrogen-bond donors (Lipinski definition) is 1. The largest absolute Gasteiger partial charge is 0.425 e. The maximum Gasteiger partial charge on any atom is 0.422 e. The van der Waals surface area contributed by atoms with Crippen molar-refractivity contribution >= 4 is 40.8 Å². The predicted octanol–water partition coefficient (Wildman–Crippen LogP) is 6.65. The molecule has 1 atom stereocenters. The van der Waals surface area contributed by atoms with Gasteiger partial charge in [0, 0.05) is 18.1 Å². The van der Waals surface area contributed by atoms with Crippen molar-refractivity contribution < 1.29 is 33.4 Å². The molecule has 200 valence electrons. The molecule has 1 unspecified atom stereocenters. The molecular formula is C29H29ClFNO6. The van der Waals surface area contributed by atoms with Gasteiger partial charge < -0.3 is 14.6 Å². The highest BCUT2D eigenvalue weighted by atomic mass is 35.5. The minimum absolute atomic E-state index is 0.0953. The Bertz CT molecular complexity index is 1370. The number of benzene rings is 3. The number of aryl methyl sites for hydroxylation is 2. The van der Waals surface area contributed by atoms with Crippen molar-refractivity contribution in [3.63, 3.8) is 0 Å². The Kier molecular flexibility index (Phi) is 8.91. The molecule has 0 radical (unpaired) electrons. The number of rotatable bonds is 8. The van der Waals surface area contributed by atoms with Crippen LogP contribution >= 0.6 is 11.6 Å². The molecule has 3 aromatic carbocycles. The van der Waals surface area contributed by atoms with Crippen LogP contribution in [0.2, 0.25) is 5.02 Å². The van der Waals surface area contributed by atoms with Gasteiger partial charge in [0.2, 0.25) is 6.29 Å². The zero-order chi connectivity index (χ0) is 28.2. The Morgan fingerprint density at radius 1 is 0.974 bits per heavy atom. The lowest BCUT2D eigenvalue weighted by molar-refractivity contribution is -0.168. The molecule has 7 nitrogen and oxygen atoms in total. The van der Waals surface area contributed by atoms with Crippen LogP contribution in [0.1, 0.15) is 54.2 Å². The monoisotopic (exact) mass is 541 g/mol. The fourth-order valence-electron chi connectivity index (χ4n) is 3.81. The van der Waals surface area contributed by atoms with Gasteiger partial charge in [-0.05, 0) is 75.2 Å². The van der Waals surface area contributed by atoms with Crippen molar-refractivity contribution in [1.82, 2.24) is 0 Å². The number of carbonyl (C=O) groups is 3. The van der Waals surface area contributed by atoms with Gasteiger partial charge in [-0.15, -0.1) is 0 Å². The quantitative estimate of drug-likeness (QED) is 0.195. The fraction of sp³-hybridized carbons (Fsp3) is 0.276. The third kappa shape index (κ3) is 7.18. The van der Waals surface area contributed by atoms with Crippen LogP contribution in [0, 0.1) is 19.7 Å². The first-order valence-corrected chi connectivity index (χ1v) is 12.2. The number of aliphatic hydroxyl groups is 1. The van der Waals surface area contributed by atoms with E-state index in [1.54, 1.807) is 19.1 Å². The Balaban J connectivity index is 1.95. The van der Waals surface area contributed by atoms with Gasteiger partial charge in [0.15, 0.2) is 5.78 Å². The molecular weight excluding hydrogens is 513 g/mol. The lowest BCUT2D eigenvalue weighted by atomic mass is 9.99. The summed E-state index contributed by atoms with van der Waals surface area (Å²) < 4.78 is 24.3. The molecule has 0 aliphatic heterocycles. The number of ether oxygens (including phenoxy) is 2. The van der Waals surface area contributed by atoms with Gasteiger partial charge in [0.1, 0.15) is 5.82 Å². The Labute approximate surface area is 225 Å². The molecule has 1 N–H and O–H groups in total. The van der Waals surface area contributed by atoms with Gasteiger partial charge >= 0.3 is 12.1 Å². The zero-order valence-corrected chi connectivity index (χ0v) is 22.5. The number of esters is 1. The van der Waals surface area contributed by atoms with E-state index >= 15 is 0 Å². The molecule has 0 aliphatic rings. The van der Waals surface area contributed by atoms with Crippen molar-refractivity contribution in [3.05, 3.63) is 93.8 Å². The maximum absolute atomic E-state index is 13.8. The molecule has 0 aliphatic carbocycles. The highest BCUT2D eigenvalue weighted by Gasteiger charge is 2.27. The van der Waals surface area contributed by atoms with Crippen molar-refractivity contribution in [2.75, 3.05) is 4.90 Å². The second-order valence-electron chi connectivity index (χ2n) is 9.50. The van der Waals surface area contributed by atoms with Gasteiger partial charge in [-0.2, -0.15) is 0 Å². The number of halogens is 2. The van der Waals surface area contributed by atoms with Crippen LogP contribution in [-0.4, -0.2) is 34.8 Å². The normalized spacial score (nSPS) is 12.0. The van der Waals surface area contributed by atoms with Crippen LogP contribution in [0.5, 0.6) is 0 Å². The van der Waals surface area contributed by atoms with Crippen molar-refractivity contribution in [1.29, 1.82) is 0 Å². The molecule has 0 spiro atoms. The lowest BCUT2D eigenvalue weighted by Gasteiger charge is -2.26. The zero-order valence-electron chi connectivity index (χ0n) is 21.7. The summed E-state index contributed by atoms with van der Waals surface area (Å²) in [5, 5.41) is 9.91. The van der Waals surface area contributed by atoms with E-state index in [0.29, 0.717) is 16.8 Å². The van der Waals surface area contributed by atoms with Crippen molar-refractivity contribution in [2.24, 2.45) is 0 Å². The number of carbonyl (C=O) groups excluding carboxylic acids is 3. The Morgan fingerprint density at radius 2 is 1.66 bits per heavy atom. The lowest BCUT2D eigenvalue weighted by Crippen LogP contribution is -2.33. The molecule has 9 heteroatoms. The third-order valence-corrected chi connectivity index (χ3v) is 5.88. The van der Waals surface area contributed by atoms with E-state index in [1.807, 2.05) is 19.1 Å². The van der Waals surface area contributed by atoms with E-state index in [2.05, 4.69) is 0 Å². The fourth-order valence-corrected chi connectivity index (χ4v) is 4.07. The number of nitrogens with zero attached hydrogens (tertiary/aromatic N) is 1. The van der Waals surface area contributed by atoms with E-state index in [9.17, 15) is 23.9 Å². The first-order chi connectivity index (χ1) is 17.8. The molecule has 0 heterocycles. The number of hydrogen-bond acceptors (Lipinski definition) is 6. The highest BCUT2D eigenvalue weighted by Crippen LogP contribution is 2.34. The third-order valence-electron chi connectivity index (χ3n) is 5.57. The molecule has 3 rings (SSSR count). The standard InChI is InChI=1S/C29H29ClFNO6/c1-17-8-6-7-9-22(17)27(34)23-12-11-21(15-24(23)30)32(25-13-10-20(31)14-18(25)2)28(35)38-19(3)37-26(33)16-29(4,5)36/h6-15,19,36H,16H2,1-5H3. The summed E-state index contributed by atoms with van der Waals surface area (Å²) in [6, 6.07) is 15.4. The molecule has 0 bridgehead atoms. The van der Waals surface area contributed by atoms with Gasteiger partial charge in [-0.25, -0.2) is 14.1 Å². The molecule has 0 saturated carbocycles. The SMILES string of the molecule is Cc1ccccc1C(=O)c1ccc(N(C(=O)OC(C)OC(=O)CC(C)(C)O)c2ccc(F)cc2C)cc1Cl. The van der Waals surface area contributed by atoms with E-state index in [1.165, 1.54) is 57.2 Å². The maximum atomic E-state index is 13.8. The summed E-state index contributed by atoms with van der Waals surface area (Å²) >= 11 is 6.51. The van der Waals surface area contributed by atoms with Crippen molar-refractivity contribution in [2.45, 2.75) is 52.9 Å². The average Bonchev–Trinajstić information content (AvgIpc) is 2.79. The number of ketones is 1. The average molecular weight is 542 g/mol. The van der Waals surface area contributed by atoms with Crippen LogP contribution < -0.4 is 4.90 Å². The number of amides is 1. The molecule has 1 amide bonds. The minimum Gasteiger partial charge on any atom is -0.425 e. The van der Waals surface area contributed by atoms with E-state index < -0.39 is 29.8 Å². The van der Waals surface area contributed by atoms with Crippen molar-refractivity contribution in [3.8, 4) is 0 Å². The Hall–Kier alpha value is -3.75. The first kappa shape index (κ1) is 28.8. The van der Waals surface area contributed by atoms with Gasteiger partial charge in [-0.1, -0.05) is 35.9 Å². The summed E-state index contributed by atoms with van der Waals surface area (Å²) in [5.74, 6) is -1.53. The molecule has 0 saturated heterocycles. The minimum atomic E-state index is -1.30. The second kappa shape index (κ2) is 11.8.